The van der Waals surface area contributed by atoms with E-state index in [9.17, 15) is 0 Å². The molecule has 19 heavy (non-hydrogen) atoms. The molecule has 0 radical (unpaired) electrons. The normalized spacial score (nSPS) is 12.5. The van der Waals surface area contributed by atoms with E-state index in [-0.39, 0.29) is 6.04 Å². The number of aryl methyl sites for hydroxylation is 1. The summed E-state index contributed by atoms with van der Waals surface area (Å²) in [6, 6.07) is 11.7. The highest BCUT2D eigenvalue weighted by molar-refractivity contribution is 6.42. The summed E-state index contributed by atoms with van der Waals surface area (Å²) in [6.45, 7) is 1.99. The van der Waals surface area contributed by atoms with E-state index >= 15 is 0 Å². The zero-order valence-electron chi connectivity index (χ0n) is 10.7. The van der Waals surface area contributed by atoms with Crippen LogP contribution in [-0.2, 0) is 0 Å². The molecule has 1 nitrogen and oxygen atoms in total. The van der Waals surface area contributed by atoms with Gasteiger partial charge in [0, 0.05) is 5.02 Å². The molecule has 4 heteroatoms. The third kappa shape index (κ3) is 3.24. The van der Waals surface area contributed by atoms with Crippen molar-refractivity contribution in [1.29, 1.82) is 0 Å². The lowest BCUT2D eigenvalue weighted by molar-refractivity contribution is 0.691. The van der Waals surface area contributed by atoms with E-state index in [0.29, 0.717) is 10.0 Å². The first-order valence-corrected chi connectivity index (χ1v) is 7.04. The van der Waals surface area contributed by atoms with Gasteiger partial charge in [-0.2, -0.15) is 0 Å². The lowest BCUT2D eigenvalue weighted by atomic mass is 9.97. The smallest absolute Gasteiger partial charge is 0.0595 e. The third-order valence-electron chi connectivity index (χ3n) is 3.08. The van der Waals surface area contributed by atoms with Crippen LogP contribution in [0.25, 0.3) is 0 Å². The molecule has 0 saturated carbocycles. The molecule has 0 heterocycles. The standard InChI is InChI=1S/C15H14Cl3N/c1-9-7-10(3-5-12(9)16)15(19-2)11-4-6-13(17)14(18)8-11/h3-8,15,19H,1-2H3. The van der Waals surface area contributed by atoms with Gasteiger partial charge in [-0.3, -0.25) is 0 Å². The second kappa shape index (κ2) is 6.15. The predicted molar refractivity (Wildman–Crippen MR) is 83.6 cm³/mol. The Morgan fingerprint density at radius 2 is 1.42 bits per heavy atom. The highest BCUT2D eigenvalue weighted by Crippen LogP contribution is 2.30. The van der Waals surface area contributed by atoms with Crippen molar-refractivity contribution in [2.45, 2.75) is 13.0 Å². The van der Waals surface area contributed by atoms with Crippen molar-refractivity contribution in [2.24, 2.45) is 0 Å². The van der Waals surface area contributed by atoms with Crippen LogP contribution in [0.3, 0.4) is 0 Å². The van der Waals surface area contributed by atoms with E-state index in [0.717, 1.165) is 21.7 Å². The fourth-order valence-corrected chi connectivity index (χ4v) is 2.49. The average molecular weight is 315 g/mol. The van der Waals surface area contributed by atoms with E-state index in [1.165, 1.54) is 0 Å². The first-order valence-electron chi connectivity index (χ1n) is 5.91. The maximum absolute atomic E-state index is 6.08. The molecule has 0 spiro atoms. The molecular weight excluding hydrogens is 301 g/mol. The van der Waals surface area contributed by atoms with Gasteiger partial charge < -0.3 is 5.32 Å². The summed E-state index contributed by atoms with van der Waals surface area (Å²) in [4.78, 5) is 0. The lowest BCUT2D eigenvalue weighted by Gasteiger charge is -2.18. The van der Waals surface area contributed by atoms with Crippen LogP contribution in [0.15, 0.2) is 36.4 Å². The van der Waals surface area contributed by atoms with Crippen LogP contribution >= 0.6 is 34.8 Å². The average Bonchev–Trinajstić information content (AvgIpc) is 2.39. The molecule has 0 aromatic heterocycles. The van der Waals surface area contributed by atoms with Crippen molar-refractivity contribution in [3.63, 3.8) is 0 Å². The fourth-order valence-electron chi connectivity index (χ4n) is 2.07. The molecule has 0 amide bonds. The van der Waals surface area contributed by atoms with Crippen molar-refractivity contribution in [1.82, 2.24) is 5.32 Å². The second-order valence-electron chi connectivity index (χ2n) is 4.40. The first-order chi connectivity index (χ1) is 9.02. The van der Waals surface area contributed by atoms with Crippen molar-refractivity contribution in [3.8, 4) is 0 Å². The van der Waals surface area contributed by atoms with Gasteiger partial charge in [0.2, 0.25) is 0 Å². The van der Waals surface area contributed by atoms with Gasteiger partial charge >= 0.3 is 0 Å². The molecule has 0 saturated heterocycles. The molecule has 1 N–H and O–H groups in total. The van der Waals surface area contributed by atoms with Crippen LogP contribution in [0, 0.1) is 6.92 Å². The van der Waals surface area contributed by atoms with Gasteiger partial charge in [0.05, 0.1) is 16.1 Å². The Morgan fingerprint density at radius 3 is 1.95 bits per heavy atom. The largest absolute Gasteiger partial charge is 0.309 e. The van der Waals surface area contributed by atoms with Crippen LogP contribution in [0.1, 0.15) is 22.7 Å². The van der Waals surface area contributed by atoms with Gasteiger partial charge in [0.1, 0.15) is 0 Å². The van der Waals surface area contributed by atoms with Crippen molar-refractivity contribution >= 4 is 34.8 Å². The number of hydrogen-bond acceptors (Lipinski definition) is 1. The van der Waals surface area contributed by atoms with Crippen molar-refractivity contribution in [3.05, 3.63) is 68.2 Å². The molecule has 0 aliphatic rings. The summed E-state index contributed by atoms with van der Waals surface area (Å²) in [6.07, 6.45) is 0. The minimum Gasteiger partial charge on any atom is -0.309 e. The molecule has 2 aromatic carbocycles. The quantitative estimate of drug-likeness (QED) is 0.814. The van der Waals surface area contributed by atoms with Crippen LogP contribution < -0.4 is 5.32 Å². The zero-order valence-corrected chi connectivity index (χ0v) is 12.9. The molecule has 0 aliphatic carbocycles. The van der Waals surface area contributed by atoms with Gasteiger partial charge in [-0.15, -0.1) is 0 Å². The van der Waals surface area contributed by atoms with Crippen LogP contribution in [0.5, 0.6) is 0 Å². The fraction of sp³-hybridized carbons (Fsp3) is 0.200. The van der Waals surface area contributed by atoms with Crippen molar-refractivity contribution < 1.29 is 0 Å². The lowest BCUT2D eigenvalue weighted by Crippen LogP contribution is -2.17. The molecule has 1 atom stereocenters. The Labute approximate surface area is 128 Å². The second-order valence-corrected chi connectivity index (χ2v) is 5.63. The van der Waals surface area contributed by atoms with Crippen molar-refractivity contribution in [2.75, 3.05) is 7.05 Å². The van der Waals surface area contributed by atoms with E-state index in [1.54, 1.807) is 0 Å². The van der Waals surface area contributed by atoms with E-state index in [2.05, 4.69) is 11.4 Å². The van der Waals surface area contributed by atoms with Gasteiger partial charge in [0.15, 0.2) is 0 Å². The number of halogens is 3. The highest BCUT2D eigenvalue weighted by atomic mass is 35.5. The van der Waals surface area contributed by atoms with E-state index < -0.39 is 0 Å². The molecule has 0 fully saturated rings. The first kappa shape index (κ1) is 14.7. The number of nitrogens with one attached hydrogen (secondary N) is 1. The Hall–Kier alpha value is -0.730. The number of rotatable bonds is 3. The minimum atomic E-state index is 0.0609. The number of hydrogen-bond donors (Lipinski definition) is 1. The Bertz CT molecular complexity index is 544. The van der Waals surface area contributed by atoms with E-state index in [4.69, 9.17) is 34.8 Å². The molecule has 2 aromatic rings. The molecule has 0 aliphatic heterocycles. The number of benzene rings is 2. The maximum Gasteiger partial charge on any atom is 0.0595 e. The summed E-state index contributed by atoms with van der Waals surface area (Å²) in [5.74, 6) is 0. The molecule has 1 unspecified atom stereocenters. The Morgan fingerprint density at radius 1 is 0.842 bits per heavy atom. The maximum atomic E-state index is 6.08. The molecule has 2 rings (SSSR count). The van der Waals surface area contributed by atoms with Gasteiger partial charge in [-0.1, -0.05) is 53.0 Å². The van der Waals surface area contributed by atoms with Gasteiger partial charge in [0.25, 0.3) is 0 Å². The summed E-state index contributed by atoms with van der Waals surface area (Å²) < 4.78 is 0. The topological polar surface area (TPSA) is 12.0 Å². The van der Waals surface area contributed by atoms with Crippen LogP contribution in [0.2, 0.25) is 15.1 Å². The minimum absolute atomic E-state index is 0.0609. The van der Waals surface area contributed by atoms with Gasteiger partial charge in [-0.25, -0.2) is 0 Å². The Balaban J connectivity index is 2.43. The van der Waals surface area contributed by atoms with E-state index in [1.807, 2.05) is 44.3 Å². The third-order valence-corrected chi connectivity index (χ3v) is 4.24. The van der Waals surface area contributed by atoms with Crippen LogP contribution in [0.4, 0.5) is 0 Å². The predicted octanol–water partition coefficient (Wildman–Crippen LogP) is 5.26. The molecule has 100 valence electrons. The summed E-state index contributed by atoms with van der Waals surface area (Å²) in [5, 5.41) is 5.18. The molecular formula is C15H14Cl3N. The summed E-state index contributed by atoms with van der Waals surface area (Å²) in [7, 11) is 1.91. The summed E-state index contributed by atoms with van der Waals surface area (Å²) in [5.41, 5.74) is 3.26. The molecule has 0 bridgehead atoms. The SMILES string of the molecule is CNC(c1ccc(Cl)c(C)c1)c1ccc(Cl)c(Cl)c1. The summed E-state index contributed by atoms with van der Waals surface area (Å²) >= 11 is 18.1. The van der Waals surface area contributed by atoms with Crippen LogP contribution in [-0.4, -0.2) is 7.05 Å². The highest BCUT2D eigenvalue weighted by Gasteiger charge is 2.14. The monoisotopic (exact) mass is 313 g/mol. The Kier molecular flexibility index (Phi) is 4.75. The van der Waals surface area contributed by atoms with Gasteiger partial charge in [-0.05, 0) is 48.9 Å². The zero-order chi connectivity index (χ0) is 14.0.